The largest absolute Gasteiger partial charge is 0.505 e. The molecule has 0 aliphatic heterocycles. The molecule has 2 aromatic carbocycles. The third kappa shape index (κ3) is 4.46. The summed E-state index contributed by atoms with van der Waals surface area (Å²) in [6.45, 7) is 6.76. The summed E-state index contributed by atoms with van der Waals surface area (Å²) in [7, 11) is 0. The van der Waals surface area contributed by atoms with E-state index in [1.54, 1.807) is 0 Å². The highest BCUT2D eigenvalue weighted by Gasteiger charge is 2.18. The fraction of sp³-hybridized carbons (Fsp3) is 0.250. The number of phenols is 1. The normalized spacial score (nSPS) is 11.5. The van der Waals surface area contributed by atoms with Gasteiger partial charge in [0, 0.05) is 12.1 Å². The zero-order valence-corrected chi connectivity index (χ0v) is 17.1. The minimum Gasteiger partial charge on any atom is -0.505 e. The SMILES string of the molecule is CC(C)(C)c1ccc(CNC(=O)c2nnc(-c3cc(Cl)c(O)c(Cl)c3)o2)cc1. The van der Waals surface area contributed by atoms with Gasteiger partial charge < -0.3 is 14.8 Å². The smallest absolute Gasteiger partial charge is 0.309 e. The molecule has 1 amide bonds. The van der Waals surface area contributed by atoms with E-state index in [-0.39, 0.29) is 33.0 Å². The van der Waals surface area contributed by atoms with E-state index in [1.807, 2.05) is 24.3 Å². The number of nitrogens with zero attached hydrogens (tertiary/aromatic N) is 2. The average molecular weight is 420 g/mol. The second-order valence-corrected chi connectivity index (χ2v) is 8.14. The van der Waals surface area contributed by atoms with Gasteiger partial charge in [-0.1, -0.05) is 68.2 Å². The van der Waals surface area contributed by atoms with Crippen molar-refractivity contribution in [2.24, 2.45) is 0 Å². The molecule has 146 valence electrons. The average Bonchev–Trinajstić information content (AvgIpc) is 3.13. The minimum atomic E-state index is -0.491. The predicted molar refractivity (Wildman–Crippen MR) is 108 cm³/mol. The Morgan fingerprint density at radius 1 is 1.11 bits per heavy atom. The van der Waals surface area contributed by atoms with Gasteiger partial charge in [-0.25, -0.2) is 0 Å². The van der Waals surface area contributed by atoms with Gasteiger partial charge in [0.05, 0.1) is 10.0 Å². The number of hydrogen-bond acceptors (Lipinski definition) is 5. The van der Waals surface area contributed by atoms with Gasteiger partial charge in [-0.05, 0) is 28.7 Å². The first-order valence-corrected chi connectivity index (χ1v) is 9.30. The topological polar surface area (TPSA) is 88.2 Å². The molecule has 0 saturated heterocycles. The second kappa shape index (κ2) is 7.81. The molecule has 3 aromatic rings. The lowest BCUT2D eigenvalue weighted by Gasteiger charge is -2.19. The molecule has 3 rings (SSSR count). The fourth-order valence-electron chi connectivity index (χ4n) is 2.50. The second-order valence-electron chi connectivity index (χ2n) is 7.33. The van der Waals surface area contributed by atoms with E-state index in [0.29, 0.717) is 12.1 Å². The Kier molecular flexibility index (Phi) is 5.63. The molecule has 0 spiro atoms. The molecule has 0 aliphatic rings. The van der Waals surface area contributed by atoms with E-state index < -0.39 is 5.91 Å². The quantitative estimate of drug-likeness (QED) is 0.622. The van der Waals surface area contributed by atoms with Crippen LogP contribution in [0.4, 0.5) is 0 Å². The van der Waals surface area contributed by atoms with Gasteiger partial charge in [-0.3, -0.25) is 4.79 Å². The first kappa shape index (κ1) is 20.2. The number of halogens is 2. The van der Waals surface area contributed by atoms with Crippen molar-refractivity contribution in [2.45, 2.75) is 32.7 Å². The molecule has 1 aromatic heterocycles. The van der Waals surface area contributed by atoms with Crippen LogP contribution in [0.25, 0.3) is 11.5 Å². The summed E-state index contributed by atoms with van der Waals surface area (Å²) >= 11 is 11.8. The van der Waals surface area contributed by atoms with Crippen molar-refractivity contribution in [1.29, 1.82) is 0 Å². The molecule has 28 heavy (non-hydrogen) atoms. The predicted octanol–water partition coefficient (Wildman–Crippen LogP) is 4.98. The van der Waals surface area contributed by atoms with E-state index in [2.05, 4.69) is 36.3 Å². The highest BCUT2D eigenvalue weighted by Crippen LogP contribution is 2.36. The van der Waals surface area contributed by atoms with Crippen molar-refractivity contribution >= 4 is 29.1 Å². The summed E-state index contributed by atoms with van der Waals surface area (Å²) in [5, 5.41) is 20.0. The lowest BCUT2D eigenvalue weighted by atomic mass is 9.87. The molecule has 2 N–H and O–H groups in total. The minimum absolute atomic E-state index is 0.0467. The number of amides is 1. The molecule has 0 saturated carbocycles. The number of carbonyl (C=O) groups is 1. The van der Waals surface area contributed by atoms with E-state index in [4.69, 9.17) is 27.6 Å². The van der Waals surface area contributed by atoms with Crippen molar-refractivity contribution in [3.8, 4) is 17.2 Å². The molecule has 8 heteroatoms. The number of aromatic nitrogens is 2. The number of rotatable bonds is 4. The van der Waals surface area contributed by atoms with Crippen LogP contribution in [0.15, 0.2) is 40.8 Å². The molecule has 0 radical (unpaired) electrons. The summed E-state index contributed by atoms with van der Waals surface area (Å²) in [6.07, 6.45) is 0. The Morgan fingerprint density at radius 3 is 2.29 bits per heavy atom. The van der Waals surface area contributed by atoms with Crippen molar-refractivity contribution in [3.63, 3.8) is 0 Å². The Balaban J connectivity index is 1.68. The van der Waals surface area contributed by atoms with Crippen molar-refractivity contribution in [3.05, 3.63) is 63.5 Å². The molecule has 0 atom stereocenters. The zero-order valence-electron chi connectivity index (χ0n) is 15.6. The summed E-state index contributed by atoms with van der Waals surface area (Å²) < 4.78 is 5.40. The molecule has 0 unspecified atom stereocenters. The lowest BCUT2D eigenvalue weighted by Crippen LogP contribution is -2.23. The van der Waals surface area contributed by atoms with Gasteiger partial charge >= 0.3 is 11.8 Å². The Morgan fingerprint density at radius 2 is 1.71 bits per heavy atom. The third-order valence-corrected chi connectivity index (χ3v) is 4.73. The Bertz CT molecular complexity index is 985. The Labute approximate surface area is 172 Å². The van der Waals surface area contributed by atoms with Gasteiger partial charge in [0.1, 0.15) is 0 Å². The number of carbonyl (C=O) groups excluding carboxylic acids is 1. The number of nitrogens with one attached hydrogen (secondary N) is 1. The fourth-order valence-corrected chi connectivity index (χ4v) is 2.99. The zero-order chi connectivity index (χ0) is 20.5. The Hall–Kier alpha value is -2.57. The standard InChI is InChI=1S/C20H19Cl2N3O3/c1-20(2,3)13-6-4-11(5-7-13)10-23-17(27)19-25-24-18(28-19)12-8-14(21)16(26)15(22)9-12/h4-9,26H,10H2,1-3H3,(H,23,27). The van der Waals surface area contributed by atoms with Gasteiger partial charge in [0.2, 0.25) is 5.89 Å². The molecule has 0 fully saturated rings. The number of benzene rings is 2. The van der Waals surface area contributed by atoms with E-state index >= 15 is 0 Å². The van der Waals surface area contributed by atoms with Crippen LogP contribution >= 0.6 is 23.2 Å². The van der Waals surface area contributed by atoms with Crippen molar-refractivity contribution in [1.82, 2.24) is 15.5 Å². The molecule has 0 aliphatic carbocycles. The van der Waals surface area contributed by atoms with Gasteiger partial charge in [0.15, 0.2) is 5.75 Å². The van der Waals surface area contributed by atoms with Crippen LogP contribution in [0.5, 0.6) is 5.75 Å². The maximum absolute atomic E-state index is 12.3. The first-order chi connectivity index (χ1) is 13.1. The third-order valence-electron chi connectivity index (χ3n) is 4.16. The van der Waals surface area contributed by atoms with Gasteiger partial charge in [0.25, 0.3) is 0 Å². The maximum Gasteiger partial charge on any atom is 0.309 e. The highest BCUT2D eigenvalue weighted by atomic mass is 35.5. The van der Waals surface area contributed by atoms with Gasteiger partial charge in [-0.2, -0.15) is 0 Å². The van der Waals surface area contributed by atoms with E-state index in [9.17, 15) is 9.90 Å². The van der Waals surface area contributed by atoms with Crippen LogP contribution < -0.4 is 5.32 Å². The van der Waals surface area contributed by atoms with Crippen LogP contribution in [0.1, 0.15) is 42.6 Å². The van der Waals surface area contributed by atoms with Crippen molar-refractivity contribution in [2.75, 3.05) is 0 Å². The van der Waals surface area contributed by atoms with E-state index in [0.717, 1.165) is 5.56 Å². The van der Waals surface area contributed by atoms with Crippen LogP contribution in [-0.4, -0.2) is 21.2 Å². The lowest BCUT2D eigenvalue weighted by molar-refractivity contribution is 0.0917. The highest BCUT2D eigenvalue weighted by molar-refractivity contribution is 6.37. The van der Waals surface area contributed by atoms with Crippen molar-refractivity contribution < 1.29 is 14.3 Å². The van der Waals surface area contributed by atoms with E-state index in [1.165, 1.54) is 17.7 Å². The number of aromatic hydroxyl groups is 1. The molecular formula is C20H19Cl2N3O3. The van der Waals surface area contributed by atoms with Crippen LogP contribution in [0.2, 0.25) is 10.0 Å². The molecule has 6 nitrogen and oxygen atoms in total. The monoisotopic (exact) mass is 419 g/mol. The summed E-state index contributed by atoms with van der Waals surface area (Å²) in [5.41, 5.74) is 2.65. The molecule has 1 heterocycles. The molecular weight excluding hydrogens is 401 g/mol. The summed E-state index contributed by atoms with van der Waals surface area (Å²) in [4.78, 5) is 12.3. The molecule has 0 bridgehead atoms. The number of hydrogen-bond donors (Lipinski definition) is 2. The first-order valence-electron chi connectivity index (χ1n) is 8.54. The van der Waals surface area contributed by atoms with Gasteiger partial charge in [-0.15, -0.1) is 10.2 Å². The van der Waals surface area contributed by atoms with Crippen LogP contribution in [-0.2, 0) is 12.0 Å². The van der Waals surface area contributed by atoms with Crippen LogP contribution in [0.3, 0.4) is 0 Å². The van der Waals surface area contributed by atoms with Crippen LogP contribution in [0, 0.1) is 0 Å². The number of phenolic OH excluding ortho intramolecular Hbond substituents is 1. The maximum atomic E-state index is 12.3. The summed E-state index contributed by atoms with van der Waals surface area (Å²) in [5.74, 6) is -0.832. The summed E-state index contributed by atoms with van der Waals surface area (Å²) in [6, 6.07) is 10.9.